The summed E-state index contributed by atoms with van der Waals surface area (Å²) in [6.07, 6.45) is 2.48. The van der Waals surface area contributed by atoms with Gasteiger partial charge in [0.25, 0.3) is 5.91 Å². The van der Waals surface area contributed by atoms with Crippen molar-refractivity contribution in [3.8, 4) is 11.1 Å². The van der Waals surface area contributed by atoms with Crippen molar-refractivity contribution in [1.82, 2.24) is 10.3 Å². The van der Waals surface area contributed by atoms with E-state index in [1.807, 2.05) is 0 Å². The van der Waals surface area contributed by atoms with Gasteiger partial charge in [0.2, 0.25) is 10.0 Å². The number of nitrogens with one attached hydrogen (secondary N) is 2. The van der Waals surface area contributed by atoms with E-state index in [1.165, 1.54) is 13.3 Å². The molecule has 0 saturated heterocycles. The molecule has 1 heterocycles. The Morgan fingerprint density at radius 2 is 1.92 bits per heavy atom. The zero-order chi connectivity index (χ0) is 18.4. The maximum absolute atomic E-state index is 12.4. The average molecular weight is 384 g/mol. The van der Waals surface area contributed by atoms with Crippen LogP contribution in [0.3, 0.4) is 0 Å². The van der Waals surface area contributed by atoms with Crippen LogP contribution in [0, 0.1) is 0 Å². The number of aromatic nitrogens is 1. The van der Waals surface area contributed by atoms with Crippen molar-refractivity contribution in [2.45, 2.75) is 0 Å². The van der Waals surface area contributed by atoms with E-state index < -0.39 is 15.9 Å². The van der Waals surface area contributed by atoms with Crippen molar-refractivity contribution in [1.29, 1.82) is 0 Å². The van der Waals surface area contributed by atoms with Crippen LogP contribution < -0.4 is 10.0 Å². The molecule has 0 bridgehead atoms. The van der Waals surface area contributed by atoms with E-state index in [0.717, 1.165) is 11.8 Å². The molecule has 9 heteroatoms. The molecule has 0 radical (unpaired) electrons. The molecule has 0 spiro atoms. The maximum atomic E-state index is 12.4. The number of pyridine rings is 1. The van der Waals surface area contributed by atoms with Crippen molar-refractivity contribution >= 4 is 33.3 Å². The van der Waals surface area contributed by atoms with E-state index in [4.69, 9.17) is 16.3 Å². The number of hydrogen-bond donors (Lipinski definition) is 2. The summed E-state index contributed by atoms with van der Waals surface area (Å²) in [5.74, 6) is -0.485. The fourth-order valence-corrected chi connectivity index (χ4v) is 2.70. The molecule has 134 valence electrons. The van der Waals surface area contributed by atoms with Crippen LogP contribution in [0.1, 0.15) is 10.4 Å². The lowest BCUT2D eigenvalue weighted by Gasteiger charge is -2.12. The first kappa shape index (κ1) is 19.2. The monoisotopic (exact) mass is 383 g/mol. The van der Waals surface area contributed by atoms with Crippen LogP contribution in [-0.2, 0) is 14.8 Å². The standard InChI is InChI=1S/C16H18ClN3O4S/c1-24-8-7-18-16(21)14-9-12(11-3-5-13(17)6-4-11)10-19-15(14)20-25(2,22)23/h3-6,9-10H,7-8H2,1-2H3,(H,18,21)(H,19,20). The molecule has 1 aromatic heterocycles. The fraction of sp³-hybridized carbons (Fsp3) is 0.250. The second-order valence-electron chi connectivity index (χ2n) is 5.25. The molecular weight excluding hydrogens is 366 g/mol. The maximum Gasteiger partial charge on any atom is 0.255 e. The molecule has 0 unspecified atom stereocenters. The zero-order valence-corrected chi connectivity index (χ0v) is 15.3. The molecule has 0 saturated carbocycles. The minimum Gasteiger partial charge on any atom is -0.383 e. The van der Waals surface area contributed by atoms with Crippen molar-refractivity contribution in [2.24, 2.45) is 0 Å². The second-order valence-corrected chi connectivity index (χ2v) is 7.43. The molecule has 0 aliphatic carbocycles. The normalized spacial score (nSPS) is 11.2. The van der Waals surface area contributed by atoms with Gasteiger partial charge in [-0.25, -0.2) is 13.4 Å². The Bertz CT molecular complexity index is 854. The summed E-state index contributed by atoms with van der Waals surface area (Å²) in [4.78, 5) is 16.5. The van der Waals surface area contributed by atoms with Gasteiger partial charge in [0.05, 0.1) is 18.4 Å². The SMILES string of the molecule is COCCNC(=O)c1cc(-c2ccc(Cl)cc2)cnc1NS(C)(=O)=O. The molecule has 0 aliphatic rings. The van der Waals surface area contributed by atoms with Crippen LogP contribution in [0.25, 0.3) is 11.1 Å². The number of carbonyl (C=O) groups is 1. The third-order valence-corrected chi connectivity index (χ3v) is 4.00. The van der Waals surface area contributed by atoms with Gasteiger partial charge in [-0.05, 0) is 23.8 Å². The predicted octanol–water partition coefficient (Wildman–Crippen LogP) is 2.15. The number of methoxy groups -OCH3 is 1. The Balaban J connectivity index is 2.40. The van der Waals surface area contributed by atoms with Crippen molar-refractivity contribution < 1.29 is 17.9 Å². The molecule has 1 amide bonds. The molecule has 0 fully saturated rings. The third kappa shape index (κ3) is 5.70. The first-order valence-electron chi connectivity index (χ1n) is 7.31. The molecular formula is C16H18ClN3O4S. The van der Waals surface area contributed by atoms with Gasteiger partial charge >= 0.3 is 0 Å². The predicted molar refractivity (Wildman–Crippen MR) is 97.4 cm³/mol. The highest BCUT2D eigenvalue weighted by Crippen LogP contribution is 2.25. The smallest absolute Gasteiger partial charge is 0.255 e. The second kappa shape index (κ2) is 8.28. The Hall–Kier alpha value is -2.16. The van der Waals surface area contributed by atoms with Crippen LogP contribution in [0.15, 0.2) is 36.5 Å². The van der Waals surface area contributed by atoms with E-state index in [0.29, 0.717) is 23.7 Å². The quantitative estimate of drug-likeness (QED) is 0.714. The van der Waals surface area contributed by atoms with E-state index >= 15 is 0 Å². The Kier molecular flexibility index (Phi) is 6.35. The molecule has 2 N–H and O–H groups in total. The summed E-state index contributed by atoms with van der Waals surface area (Å²) >= 11 is 5.88. The number of carbonyl (C=O) groups excluding carboxylic acids is 1. The summed E-state index contributed by atoms with van der Waals surface area (Å²) in [7, 11) is -2.06. The van der Waals surface area contributed by atoms with Crippen molar-refractivity contribution in [3.63, 3.8) is 0 Å². The molecule has 25 heavy (non-hydrogen) atoms. The number of hydrogen-bond acceptors (Lipinski definition) is 5. The highest BCUT2D eigenvalue weighted by molar-refractivity contribution is 7.92. The van der Waals surface area contributed by atoms with Gasteiger partial charge in [-0.3, -0.25) is 9.52 Å². The topological polar surface area (TPSA) is 97.4 Å². The Morgan fingerprint density at radius 1 is 1.24 bits per heavy atom. The van der Waals surface area contributed by atoms with Gasteiger partial charge in [0.15, 0.2) is 5.82 Å². The minimum absolute atomic E-state index is 0.0323. The number of amides is 1. The van der Waals surface area contributed by atoms with Gasteiger partial charge in [-0.15, -0.1) is 0 Å². The van der Waals surface area contributed by atoms with E-state index in [-0.39, 0.29) is 11.4 Å². The van der Waals surface area contributed by atoms with Crippen LogP contribution in [0.5, 0.6) is 0 Å². The molecule has 2 rings (SSSR count). The molecule has 0 aliphatic heterocycles. The Morgan fingerprint density at radius 3 is 2.52 bits per heavy atom. The summed E-state index contributed by atoms with van der Waals surface area (Å²) in [5, 5.41) is 3.24. The van der Waals surface area contributed by atoms with Crippen molar-refractivity contribution in [3.05, 3.63) is 47.1 Å². The van der Waals surface area contributed by atoms with Crippen LogP contribution in [0.4, 0.5) is 5.82 Å². The lowest BCUT2D eigenvalue weighted by Crippen LogP contribution is -2.28. The summed E-state index contributed by atoms with van der Waals surface area (Å²) in [6.45, 7) is 0.629. The number of anilines is 1. The highest BCUT2D eigenvalue weighted by Gasteiger charge is 2.17. The van der Waals surface area contributed by atoms with Gasteiger partial charge in [0.1, 0.15) is 0 Å². The van der Waals surface area contributed by atoms with E-state index in [2.05, 4.69) is 15.0 Å². The van der Waals surface area contributed by atoms with Crippen LogP contribution >= 0.6 is 11.6 Å². The van der Waals surface area contributed by atoms with Gasteiger partial charge in [-0.1, -0.05) is 23.7 Å². The van der Waals surface area contributed by atoms with Gasteiger partial charge < -0.3 is 10.1 Å². The lowest BCUT2D eigenvalue weighted by molar-refractivity contribution is 0.0937. The lowest BCUT2D eigenvalue weighted by atomic mass is 10.1. The largest absolute Gasteiger partial charge is 0.383 e. The summed E-state index contributed by atoms with van der Waals surface area (Å²) < 4.78 is 30.2. The molecule has 7 nitrogen and oxygen atoms in total. The molecule has 1 aromatic carbocycles. The minimum atomic E-state index is -3.58. The van der Waals surface area contributed by atoms with E-state index in [9.17, 15) is 13.2 Å². The first-order chi connectivity index (χ1) is 11.8. The van der Waals surface area contributed by atoms with Crippen LogP contribution in [-0.4, -0.2) is 45.8 Å². The van der Waals surface area contributed by atoms with Gasteiger partial charge in [-0.2, -0.15) is 0 Å². The third-order valence-electron chi connectivity index (χ3n) is 3.18. The number of rotatable bonds is 7. The van der Waals surface area contributed by atoms with Gasteiger partial charge in [0, 0.05) is 30.4 Å². The number of sulfonamides is 1. The first-order valence-corrected chi connectivity index (χ1v) is 9.58. The summed E-state index contributed by atoms with van der Waals surface area (Å²) in [5.41, 5.74) is 1.58. The fourth-order valence-electron chi connectivity index (χ4n) is 2.06. The number of ether oxygens (including phenoxy) is 1. The number of halogens is 1. The highest BCUT2D eigenvalue weighted by atomic mass is 35.5. The molecule has 0 atom stereocenters. The Labute approximate surface area is 151 Å². The zero-order valence-electron chi connectivity index (χ0n) is 13.7. The average Bonchev–Trinajstić information content (AvgIpc) is 2.55. The molecule has 2 aromatic rings. The van der Waals surface area contributed by atoms with Crippen molar-refractivity contribution in [2.75, 3.05) is 31.2 Å². The number of nitrogens with zero attached hydrogens (tertiary/aromatic N) is 1. The van der Waals surface area contributed by atoms with Crippen LogP contribution in [0.2, 0.25) is 5.02 Å². The number of benzene rings is 1. The summed E-state index contributed by atoms with van der Waals surface area (Å²) in [6, 6.07) is 8.59. The van der Waals surface area contributed by atoms with E-state index in [1.54, 1.807) is 30.3 Å².